The van der Waals surface area contributed by atoms with Gasteiger partial charge in [-0.25, -0.2) is 0 Å². The van der Waals surface area contributed by atoms with Crippen LogP contribution in [0.5, 0.6) is 0 Å². The molecule has 1 unspecified atom stereocenters. The molecule has 0 aromatic heterocycles. The SMILES string of the molecule is CCCOCCNC(=O)CCC(NC(=O)CCCCCNC(=O)CCCN=[N+]=[N-])[C](O)=[Nb]. The van der Waals surface area contributed by atoms with Gasteiger partial charge in [-0.1, -0.05) is 5.11 Å². The van der Waals surface area contributed by atoms with Crippen molar-refractivity contribution in [1.29, 1.82) is 0 Å². The molecule has 0 bridgehead atoms. The van der Waals surface area contributed by atoms with Crippen molar-refractivity contribution in [3.8, 4) is 0 Å². The minimum atomic E-state index is -0.539. The molecule has 12 heteroatoms. The Morgan fingerprint density at radius 1 is 1.00 bits per heavy atom. The summed E-state index contributed by atoms with van der Waals surface area (Å²) in [5, 5.41) is 21.5. The predicted molar refractivity (Wildman–Crippen MR) is 117 cm³/mol. The van der Waals surface area contributed by atoms with E-state index < -0.39 is 6.04 Å². The molecule has 4 N–H and O–H groups in total. The van der Waals surface area contributed by atoms with E-state index in [0.717, 1.165) is 39.9 Å². The molecule has 0 fully saturated rings. The summed E-state index contributed by atoms with van der Waals surface area (Å²) in [5.74, 6) is -0.393. The first-order chi connectivity index (χ1) is 15.4. The van der Waals surface area contributed by atoms with Gasteiger partial charge in [-0.05, 0) is 12.0 Å². The van der Waals surface area contributed by atoms with Crippen molar-refractivity contribution >= 4 is 21.6 Å². The molecule has 0 aliphatic rings. The van der Waals surface area contributed by atoms with Crippen molar-refractivity contribution < 1.29 is 44.8 Å². The zero-order valence-electron chi connectivity index (χ0n) is 18.8. The molecule has 11 nitrogen and oxygen atoms in total. The normalized spacial score (nSPS) is 11.2. The van der Waals surface area contributed by atoms with E-state index >= 15 is 0 Å². The van der Waals surface area contributed by atoms with Gasteiger partial charge in [-0.3, -0.25) is 0 Å². The minimum absolute atomic E-state index is 0.0771. The molecule has 0 radical (unpaired) electrons. The standard InChI is InChI=1S/C20H36N6O5.Nb/c1-2-14-31-15-13-23-19(29)10-9-17(16-27)25-20(30)7-4-3-5-11-22-18(28)8-6-12-24-26-21;/h17,27H,2-15H2,1H3,(H,22,28)(H,23,29)(H,25,30);. The van der Waals surface area contributed by atoms with Gasteiger partial charge in [0.15, 0.2) is 0 Å². The van der Waals surface area contributed by atoms with Crippen LogP contribution < -0.4 is 16.0 Å². The molecule has 0 aromatic carbocycles. The molecule has 3 amide bonds. The summed E-state index contributed by atoms with van der Waals surface area (Å²) in [4.78, 5) is 38.2. The quantitative estimate of drug-likeness (QED) is 0.0613. The van der Waals surface area contributed by atoms with Crippen molar-refractivity contribution in [2.24, 2.45) is 5.11 Å². The van der Waals surface area contributed by atoms with Gasteiger partial charge in [0.25, 0.3) is 0 Å². The number of nitrogens with one attached hydrogen (secondary N) is 3. The first kappa shape index (κ1) is 30.3. The molecule has 0 saturated heterocycles. The molecule has 0 saturated carbocycles. The Morgan fingerprint density at radius 3 is 2.38 bits per heavy atom. The van der Waals surface area contributed by atoms with E-state index in [4.69, 9.17) is 10.3 Å². The Bertz CT molecular complexity index is 628. The topological polar surface area (TPSA) is 166 Å². The number of rotatable bonds is 20. The average molecular weight is 533 g/mol. The van der Waals surface area contributed by atoms with Gasteiger partial charge in [0.1, 0.15) is 0 Å². The molecule has 0 aromatic rings. The third kappa shape index (κ3) is 19.0. The number of carbonyl (C=O) groups is 3. The van der Waals surface area contributed by atoms with E-state index in [1.807, 2.05) is 6.92 Å². The molecule has 0 heterocycles. The molecule has 0 aliphatic carbocycles. The summed E-state index contributed by atoms with van der Waals surface area (Å²) in [6.45, 7) is 4.44. The number of amides is 3. The fourth-order valence-corrected chi connectivity index (χ4v) is 3.14. The van der Waals surface area contributed by atoms with Crippen LogP contribution in [-0.4, -0.2) is 65.6 Å². The van der Waals surface area contributed by atoms with Crippen LogP contribution >= 0.6 is 0 Å². The predicted octanol–water partition coefficient (Wildman–Crippen LogP) is 1.61. The first-order valence-corrected chi connectivity index (χ1v) is 12.2. The van der Waals surface area contributed by atoms with E-state index in [2.05, 4.69) is 26.0 Å². The Morgan fingerprint density at radius 2 is 1.69 bits per heavy atom. The molecule has 0 spiro atoms. The number of nitrogens with zero attached hydrogens (tertiary/aromatic N) is 3. The van der Waals surface area contributed by atoms with Crippen LogP contribution in [0.4, 0.5) is 0 Å². The summed E-state index contributed by atoms with van der Waals surface area (Å²) < 4.78 is 5.42. The number of hydrogen-bond acceptors (Lipinski definition) is 6. The third-order valence-corrected chi connectivity index (χ3v) is 5.12. The number of carbonyl (C=O) groups excluding carboxylic acids is 3. The summed E-state index contributed by atoms with van der Waals surface area (Å²) in [6, 6.07) is -0.539. The number of aliphatic hydroxyl groups is 1. The van der Waals surface area contributed by atoms with Gasteiger partial charge < -0.3 is 0 Å². The number of hydrogen-bond donors (Lipinski definition) is 4. The van der Waals surface area contributed by atoms with Crippen molar-refractivity contribution in [2.45, 2.75) is 70.8 Å². The summed E-state index contributed by atoms with van der Waals surface area (Å²) in [7, 11) is 0. The Hall–Kier alpha value is -1.75. The second-order valence-electron chi connectivity index (χ2n) is 7.20. The Labute approximate surface area is 201 Å². The van der Waals surface area contributed by atoms with Crippen molar-refractivity contribution in [1.82, 2.24) is 16.0 Å². The number of aliphatic hydroxyl groups excluding tert-OH is 1. The van der Waals surface area contributed by atoms with E-state index in [-0.39, 0.29) is 28.1 Å². The number of azide groups is 1. The van der Waals surface area contributed by atoms with Gasteiger partial charge in [0.05, 0.1) is 0 Å². The van der Waals surface area contributed by atoms with Gasteiger partial charge in [0, 0.05) is 11.5 Å². The van der Waals surface area contributed by atoms with Gasteiger partial charge in [-0.15, -0.1) is 0 Å². The number of ether oxygens (including phenoxy) is 1. The monoisotopic (exact) mass is 533 g/mol. The molecular formula is C20H36N6NbO5. The second kappa shape index (κ2) is 21.1. The van der Waals surface area contributed by atoms with E-state index in [1.165, 1.54) is 0 Å². The van der Waals surface area contributed by atoms with Gasteiger partial charge in [0.2, 0.25) is 0 Å². The zero-order chi connectivity index (χ0) is 24.0. The summed E-state index contributed by atoms with van der Waals surface area (Å²) in [6.07, 6.45) is 4.83. The second-order valence-corrected chi connectivity index (χ2v) is 8.32. The Balaban J connectivity index is 3.90. The molecule has 1 atom stereocenters. The summed E-state index contributed by atoms with van der Waals surface area (Å²) >= 11 is 1.12. The maximum atomic E-state index is 12.1. The van der Waals surface area contributed by atoms with Crippen LogP contribution in [0.25, 0.3) is 10.4 Å². The van der Waals surface area contributed by atoms with Crippen LogP contribution in [0.15, 0.2) is 5.11 Å². The van der Waals surface area contributed by atoms with E-state index in [0.29, 0.717) is 65.0 Å². The van der Waals surface area contributed by atoms with E-state index in [1.54, 1.807) is 0 Å². The van der Waals surface area contributed by atoms with Crippen molar-refractivity contribution in [3.63, 3.8) is 0 Å². The van der Waals surface area contributed by atoms with Crippen LogP contribution in [-0.2, 0) is 39.7 Å². The molecule has 0 aliphatic heterocycles. The van der Waals surface area contributed by atoms with Gasteiger partial charge >= 0.3 is 173 Å². The van der Waals surface area contributed by atoms with E-state index in [9.17, 15) is 19.5 Å². The first-order valence-electron chi connectivity index (χ1n) is 11.1. The number of unbranched alkanes of at least 4 members (excludes halogenated alkanes) is 2. The van der Waals surface area contributed by atoms with Crippen molar-refractivity contribution in [2.75, 3.05) is 32.8 Å². The van der Waals surface area contributed by atoms with Crippen molar-refractivity contribution in [3.05, 3.63) is 10.4 Å². The fourth-order valence-electron chi connectivity index (χ4n) is 2.66. The van der Waals surface area contributed by atoms with Crippen LogP contribution in [0, 0.1) is 0 Å². The van der Waals surface area contributed by atoms with Crippen LogP contribution in [0.2, 0.25) is 0 Å². The maximum absolute atomic E-state index is 12.1. The zero-order valence-corrected chi connectivity index (χ0v) is 21.0. The molecule has 0 rings (SSSR count). The molecule has 181 valence electrons. The van der Waals surface area contributed by atoms with Crippen LogP contribution in [0.3, 0.4) is 0 Å². The third-order valence-electron chi connectivity index (χ3n) is 4.35. The molecule has 32 heavy (non-hydrogen) atoms. The fraction of sp³-hybridized carbons (Fsp3) is 0.800. The molecular weight excluding hydrogens is 497 g/mol. The average Bonchev–Trinajstić information content (AvgIpc) is 2.76. The van der Waals surface area contributed by atoms with Gasteiger partial charge in [-0.2, -0.15) is 0 Å². The summed E-state index contributed by atoms with van der Waals surface area (Å²) in [5.41, 5.74) is 8.16. The van der Waals surface area contributed by atoms with Crippen LogP contribution in [0.1, 0.15) is 64.7 Å². The Kier molecular flexibility index (Phi) is 20.0.